The summed E-state index contributed by atoms with van der Waals surface area (Å²) < 4.78 is 31.2. The van der Waals surface area contributed by atoms with Gasteiger partial charge in [0.2, 0.25) is 10.0 Å². The van der Waals surface area contributed by atoms with E-state index in [2.05, 4.69) is 5.10 Å². The Morgan fingerprint density at radius 3 is 2.57 bits per heavy atom. The summed E-state index contributed by atoms with van der Waals surface area (Å²) in [5, 5.41) is 9.59. The van der Waals surface area contributed by atoms with E-state index in [-0.39, 0.29) is 16.6 Å². The Balaban J connectivity index is 1.78. The van der Waals surface area contributed by atoms with E-state index >= 15 is 0 Å². The van der Waals surface area contributed by atoms with Crippen LogP contribution in [0.5, 0.6) is 0 Å². The summed E-state index contributed by atoms with van der Waals surface area (Å²) in [6.45, 7) is 4.03. The van der Waals surface area contributed by atoms with Crippen molar-refractivity contribution in [2.45, 2.75) is 75.5 Å². The first-order chi connectivity index (χ1) is 9.81. The third kappa shape index (κ3) is 2.74. The van der Waals surface area contributed by atoms with Gasteiger partial charge >= 0.3 is 0 Å². The molecule has 1 spiro atoms. The molecule has 1 aliphatic carbocycles. The van der Waals surface area contributed by atoms with E-state index in [1.807, 2.05) is 0 Å². The Morgan fingerprint density at radius 1 is 1.33 bits per heavy atom. The van der Waals surface area contributed by atoms with Gasteiger partial charge in [0.15, 0.2) is 0 Å². The lowest BCUT2D eigenvalue weighted by Gasteiger charge is -2.24. The van der Waals surface area contributed by atoms with Gasteiger partial charge in [-0.25, -0.2) is 13.6 Å². The zero-order chi connectivity index (χ0) is 15.3. The van der Waals surface area contributed by atoms with Crippen LogP contribution in [0.1, 0.15) is 49.9 Å². The molecule has 2 N–H and O–H groups in total. The van der Waals surface area contributed by atoms with Crippen molar-refractivity contribution in [2.75, 3.05) is 0 Å². The minimum atomic E-state index is -3.72. The van der Waals surface area contributed by atoms with Crippen LogP contribution in [0.4, 0.5) is 0 Å². The maximum Gasteiger partial charge on any atom is 0.241 e. The number of aryl methyl sites for hydroxylation is 1. The molecule has 6 nitrogen and oxygen atoms in total. The molecule has 1 aromatic rings. The van der Waals surface area contributed by atoms with Crippen molar-refractivity contribution >= 4 is 10.0 Å². The monoisotopic (exact) mass is 313 g/mol. The van der Waals surface area contributed by atoms with Crippen molar-refractivity contribution in [3.8, 4) is 0 Å². The normalized spacial score (nSPS) is 25.0. The van der Waals surface area contributed by atoms with Crippen LogP contribution >= 0.6 is 0 Å². The van der Waals surface area contributed by atoms with Crippen LogP contribution in [-0.2, 0) is 21.3 Å². The first kappa shape index (κ1) is 15.0. The molecule has 1 saturated heterocycles. The fraction of sp³-hybridized carbons (Fsp3) is 0.786. The van der Waals surface area contributed by atoms with Crippen molar-refractivity contribution in [3.05, 3.63) is 11.4 Å². The molecule has 1 aliphatic heterocycles. The summed E-state index contributed by atoms with van der Waals surface area (Å²) in [6.07, 6.45) is 7.06. The fourth-order valence-corrected chi connectivity index (χ4v) is 4.84. The third-order valence-electron chi connectivity index (χ3n) is 4.83. The van der Waals surface area contributed by atoms with Crippen LogP contribution in [0.15, 0.2) is 4.90 Å². The van der Waals surface area contributed by atoms with E-state index < -0.39 is 10.0 Å². The second-order valence-corrected chi connectivity index (χ2v) is 7.89. The van der Waals surface area contributed by atoms with Gasteiger partial charge in [0.1, 0.15) is 4.90 Å². The van der Waals surface area contributed by atoms with Gasteiger partial charge in [-0.05, 0) is 39.5 Å². The number of aromatic nitrogens is 2. The molecule has 3 rings (SSSR count). The van der Waals surface area contributed by atoms with Crippen molar-refractivity contribution in [2.24, 2.45) is 5.14 Å². The minimum Gasteiger partial charge on any atom is -0.370 e. The van der Waals surface area contributed by atoms with Gasteiger partial charge < -0.3 is 4.74 Å². The van der Waals surface area contributed by atoms with Crippen molar-refractivity contribution < 1.29 is 13.2 Å². The molecule has 0 amide bonds. The highest BCUT2D eigenvalue weighted by Crippen LogP contribution is 2.43. The molecule has 1 aromatic heterocycles. The maximum absolute atomic E-state index is 11.6. The molecule has 1 unspecified atom stereocenters. The van der Waals surface area contributed by atoms with Gasteiger partial charge in [0, 0.05) is 0 Å². The third-order valence-corrected chi connectivity index (χ3v) is 5.99. The number of hydrogen-bond donors (Lipinski definition) is 1. The van der Waals surface area contributed by atoms with Gasteiger partial charge in [-0.1, -0.05) is 12.8 Å². The van der Waals surface area contributed by atoms with Crippen molar-refractivity contribution in [1.29, 1.82) is 0 Å². The predicted octanol–water partition coefficient (Wildman–Crippen LogP) is 1.64. The Bertz CT molecular complexity index is 645. The van der Waals surface area contributed by atoms with E-state index in [9.17, 15) is 8.42 Å². The standard InChI is InChI=1S/C14H23N3O3S/c1-10-13(21(15,18)19)11(2)17(16-10)9-12-5-8-14(20-12)6-3-4-7-14/h12H,3-9H2,1-2H3,(H2,15,18,19). The zero-order valence-electron chi connectivity index (χ0n) is 12.6. The summed E-state index contributed by atoms with van der Waals surface area (Å²) >= 11 is 0. The Hall–Kier alpha value is -0.920. The lowest BCUT2D eigenvalue weighted by atomic mass is 9.98. The maximum atomic E-state index is 11.6. The molecular weight excluding hydrogens is 290 g/mol. The van der Waals surface area contributed by atoms with E-state index in [1.165, 1.54) is 12.8 Å². The lowest BCUT2D eigenvalue weighted by Crippen LogP contribution is -2.27. The van der Waals surface area contributed by atoms with Gasteiger partial charge in [-0.15, -0.1) is 0 Å². The van der Waals surface area contributed by atoms with Crippen LogP contribution in [-0.4, -0.2) is 29.9 Å². The summed E-state index contributed by atoms with van der Waals surface area (Å²) in [7, 11) is -3.72. The molecular formula is C14H23N3O3S. The first-order valence-electron chi connectivity index (χ1n) is 7.55. The number of ether oxygens (including phenoxy) is 1. The van der Waals surface area contributed by atoms with Crippen LogP contribution in [0.2, 0.25) is 0 Å². The van der Waals surface area contributed by atoms with E-state index in [0.717, 1.165) is 25.7 Å². The molecule has 118 valence electrons. The second kappa shape index (κ2) is 5.07. The van der Waals surface area contributed by atoms with Gasteiger partial charge in [-0.3, -0.25) is 4.68 Å². The molecule has 0 radical (unpaired) electrons. The number of nitrogens with zero attached hydrogens (tertiary/aromatic N) is 2. The van der Waals surface area contributed by atoms with Crippen LogP contribution in [0.3, 0.4) is 0 Å². The lowest BCUT2D eigenvalue weighted by molar-refractivity contribution is -0.0431. The highest BCUT2D eigenvalue weighted by atomic mass is 32.2. The molecule has 1 saturated carbocycles. The van der Waals surface area contributed by atoms with Gasteiger partial charge in [-0.2, -0.15) is 5.10 Å². The molecule has 2 aliphatic rings. The first-order valence-corrected chi connectivity index (χ1v) is 9.10. The molecule has 7 heteroatoms. The zero-order valence-corrected chi connectivity index (χ0v) is 13.4. The molecule has 21 heavy (non-hydrogen) atoms. The van der Waals surface area contributed by atoms with E-state index in [4.69, 9.17) is 9.88 Å². The molecule has 0 bridgehead atoms. The SMILES string of the molecule is Cc1nn(CC2CCC3(CCCC3)O2)c(C)c1S(N)(=O)=O. The van der Waals surface area contributed by atoms with Crippen molar-refractivity contribution in [3.63, 3.8) is 0 Å². The highest BCUT2D eigenvalue weighted by molar-refractivity contribution is 7.89. The van der Waals surface area contributed by atoms with Crippen LogP contribution in [0, 0.1) is 13.8 Å². The van der Waals surface area contributed by atoms with Gasteiger partial charge in [0.25, 0.3) is 0 Å². The topological polar surface area (TPSA) is 87.2 Å². The second-order valence-electron chi connectivity index (χ2n) is 6.40. The highest BCUT2D eigenvalue weighted by Gasteiger charge is 2.42. The van der Waals surface area contributed by atoms with Crippen LogP contribution in [0.25, 0.3) is 0 Å². The number of sulfonamides is 1. The predicted molar refractivity (Wildman–Crippen MR) is 78.4 cm³/mol. The smallest absolute Gasteiger partial charge is 0.241 e. The number of nitrogens with two attached hydrogens (primary N) is 1. The summed E-state index contributed by atoms with van der Waals surface area (Å²) in [5.41, 5.74) is 1.15. The molecule has 2 heterocycles. The number of rotatable bonds is 3. The van der Waals surface area contributed by atoms with E-state index in [1.54, 1.807) is 18.5 Å². The summed E-state index contributed by atoms with van der Waals surface area (Å²) in [6, 6.07) is 0. The quantitative estimate of drug-likeness (QED) is 0.919. The average molecular weight is 313 g/mol. The molecule has 2 fully saturated rings. The number of hydrogen-bond acceptors (Lipinski definition) is 4. The Labute approximate surface area is 125 Å². The Morgan fingerprint density at radius 2 is 2.00 bits per heavy atom. The molecule has 0 aromatic carbocycles. The van der Waals surface area contributed by atoms with E-state index in [0.29, 0.717) is 17.9 Å². The minimum absolute atomic E-state index is 0.0868. The summed E-state index contributed by atoms with van der Waals surface area (Å²) in [5.74, 6) is 0. The Kier molecular flexibility index (Phi) is 3.62. The van der Waals surface area contributed by atoms with Crippen molar-refractivity contribution in [1.82, 2.24) is 9.78 Å². The molecule has 1 atom stereocenters. The fourth-order valence-electron chi connectivity index (χ4n) is 3.87. The van der Waals surface area contributed by atoms with Gasteiger partial charge in [0.05, 0.1) is 29.6 Å². The van der Waals surface area contributed by atoms with Crippen LogP contribution < -0.4 is 5.14 Å². The summed E-state index contributed by atoms with van der Waals surface area (Å²) in [4.78, 5) is 0.149. The largest absolute Gasteiger partial charge is 0.370 e. The average Bonchev–Trinajstić information content (AvgIpc) is 3.03. The number of primary sulfonamides is 1.